The van der Waals surface area contributed by atoms with Crippen LogP contribution in [0.25, 0.3) is 5.69 Å². The minimum Gasteiger partial charge on any atom is -0.434 e. The second-order valence-electron chi connectivity index (χ2n) is 5.19. The summed E-state index contributed by atoms with van der Waals surface area (Å²) >= 11 is 0. The highest BCUT2D eigenvalue weighted by molar-refractivity contribution is 5.96. The minimum absolute atomic E-state index is 0.0539. The topological polar surface area (TPSA) is 56.2 Å². The summed E-state index contributed by atoms with van der Waals surface area (Å²) in [5.41, 5.74) is 1.73. The number of para-hydroxylation sites is 2. The molecule has 25 heavy (non-hydrogen) atoms. The molecule has 3 rings (SSSR count). The van der Waals surface area contributed by atoms with E-state index < -0.39 is 12.5 Å². The lowest BCUT2D eigenvalue weighted by atomic mass is 10.2. The fraction of sp³-hybridized carbons (Fsp3) is 0.111. The van der Waals surface area contributed by atoms with Gasteiger partial charge in [0.05, 0.1) is 17.4 Å². The third-order valence-electron chi connectivity index (χ3n) is 3.46. The first-order valence-electron chi connectivity index (χ1n) is 7.54. The fourth-order valence-electron chi connectivity index (χ4n) is 2.30. The maximum absolute atomic E-state index is 12.4. The third kappa shape index (κ3) is 4.20. The number of carbonyl (C=O) groups excluding carboxylic acids is 1. The number of benzene rings is 2. The van der Waals surface area contributed by atoms with Crippen LogP contribution < -0.4 is 10.1 Å². The molecule has 0 saturated carbocycles. The van der Waals surface area contributed by atoms with Gasteiger partial charge in [-0.2, -0.15) is 13.9 Å². The average molecular weight is 343 g/mol. The second-order valence-corrected chi connectivity index (χ2v) is 5.19. The van der Waals surface area contributed by atoms with Crippen LogP contribution in [0.4, 0.5) is 8.78 Å². The highest BCUT2D eigenvalue weighted by Gasteiger charge is 2.15. The van der Waals surface area contributed by atoms with Crippen LogP contribution in [-0.2, 0) is 6.54 Å². The number of nitrogens with zero attached hydrogens (tertiary/aromatic N) is 2. The first-order chi connectivity index (χ1) is 12.1. The van der Waals surface area contributed by atoms with Crippen molar-refractivity contribution in [2.24, 2.45) is 0 Å². The summed E-state index contributed by atoms with van der Waals surface area (Å²) in [6.45, 7) is -2.77. The number of hydrogen-bond donors (Lipinski definition) is 1. The van der Waals surface area contributed by atoms with Gasteiger partial charge in [0, 0.05) is 18.3 Å². The van der Waals surface area contributed by atoms with Gasteiger partial charge in [-0.15, -0.1) is 0 Å². The van der Waals surface area contributed by atoms with E-state index in [-0.39, 0.29) is 17.9 Å². The molecule has 0 bridgehead atoms. The SMILES string of the molecule is O=C(NCc1cnn(-c2ccccc2)c1)c1ccccc1OC(F)F. The Bertz CT molecular complexity index is 850. The van der Waals surface area contributed by atoms with Crippen molar-refractivity contribution < 1.29 is 18.3 Å². The zero-order valence-electron chi connectivity index (χ0n) is 13.1. The van der Waals surface area contributed by atoms with Crippen LogP contribution in [0.1, 0.15) is 15.9 Å². The molecule has 0 saturated heterocycles. The highest BCUT2D eigenvalue weighted by Crippen LogP contribution is 2.20. The number of amides is 1. The van der Waals surface area contributed by atoms with E-state index in [9.17, 15) is 13.6 Å². The predicted octanol–water partition coefficient (Wildman–Crippen LogP) is 3.40. The van der Waals surface area contributed by atoms with Crippen LogP contribution in [0.2, 0.25) is 0 Å². The van der Waals surface area contributed by atoms with Crippen LogP contribution in [-0.4, -0.2) is 22.3 Å². The summed E-state index contributed by atoms with van der Waals surface area (Å²) in [6, 6.07) is 15.4. The molecule has 1 N–H and O–H groups in total. The standard InChI is InChI=1S/C18H15F2N3O2/c19-18(20)25-16-9-5-4-8-15(16)17(24)21-10-13-11-22-23(12-13)14-6-2-1-3-7-14/h1-9,11-12,18H,10H2,(H,21,24). The maximum Gasteiger partial charge on any atom is 0.387 e. The number of aromatic nitrogens is 2. The predicted molar refractivity (Wildman–Crippen MR) is 87.8 cm³/mol. The molecule has 1 aromatic heterocycles. The number of halogens is 2. The largest absolute Gasteiger partial charge is 0.434 e. The molecule has 0 aliphatic rings. The average Bonchev–Trinajstić information content (AvgIpc) is 3.09. The fourth-order valence-corrected chi connectivity index (χ4v) is 2.30. The van der Waals surface area contributed by atoms with Gasteiger partial charge in [0.1, 0.15) is 5.75 Å². The molecule has 0 aliphatic heterocycles. The summed E-state index contributed by atoms with van der Waals surface area (Å²) in [5, 5.41) is 6.91. The normalized spacial score (nSPS) is 10.7. The zero-order valence-corrected chi connectivity index (χ0v) is 13.1. The van der Waals surface area contributed by atoms with Crippen molar-refractivity contribution in [2.45, 2.75) is 13.2 Å². The molecule has 0 aliphatic carbocycles. The molecular weight excluding hydrogens is 328 g/mol. The lowest BCUT2D eigenvalue weighted by molar-refractivity contribution is -0.0501. The summed E-state index contributed by atoms with van der Waals surface area (Å²) in [5.74, 6) is -0.654. The van der Waals surface area contributed by atoms with Crippen molar-refractivity contribution in [1.29, 1.82) is 0 Å². The molecular formula is C18H15F2N3O2. The van der Waals surface area contributed by atoms with Crippen LogP contribution in [0.5, 0.6) is 5.75 Å². The number of nitrogens with one attached hydrogen (secondary N) is 1. The lowest BCUT2D eigenvalue weighted by Gasteiger charge is -2.10. The molecule has 1 heterocycles. The van der Waals surface area contributed by atoms with Gasteiger partial charge in [-0.25, -0.2) is 4.68 Å². The molecule has 3 aromatic rings. The van der Waals surface area contributed by atoms with Gasteiger partial charge < -0.3 is 10.1 Å². The smallest absolute Gasteiger partial charge is 0.387 e. The van der Waals surface area contributed by atoms with E-state index in [4.69, 9.17) is 0 Å². The summed E-state index contributed by atoms with van der Waals surface area (Å²) in [4.78, 5) is 12.2. The Hall–Kier alpha value is -3.22. The molecule has 0 unspecified atom stereocenters. The monoisotopic (exact) mass is 343 g/mol. The van der Waals surface area contributed by atoms with E-state index in [1.165, 1.54) is 18.2 Å². The molecule has 0 atom stereocenters. The van der Waals surface area contributed by atoms with E-state index >= 15 is 0 Å². The summed E-state index contributed by atoms with van der Waals surface area (Å²) in [7, 11) is 0. The van der Waals surface area contributed by atoms with E-state index in [1.54, 1.807) is 23.1 Å². The molecule has 5 nitrogen and oxygen atoms in total. The van der Waals surface area contributed by atoms with Gasteiger partial charge in [-0.05, 0) is 24.3 Å². The van der Waals surface area contributed by atoms with E-state index in [2.05, 4.69) is 15.2 Å². The quantitative estimate of drug-likeness (QED) is 0.746. The summed E-state index contributed by atoms with van der Waals surface area (Å²) < 4.78 is 30.9. The summed E-state index contributed by atoms with van der Waals surface area (Å²) in [6.07, 6.45) is 3.42. The van der Waals surface area contributed by atoms with Gasteiger partial charge >= 0.3 is 6.61 Å². The minimum atomic E-state index is -2.99. The highest BCUT2D eigenvalue weighted by atomic mass is 19.3. The van der Waals surface area contributed by atoms with Crippen molar-refractivity contribution in [2.75, 3.05) is 0 Å². The van der Waals surface area contributed by atoms with Gasteiger partial charge in [-0.1, -0.05) is 30.3 Å². The van der Waals surface area contributed by atoms with E-state index in [0.717, 1.165) is 11.3 Å². The first-order valence-corrected chi connectivity index (χ1v) is 7.54. The Labute approximate surface area is 142 Å². The van der Waals surface area contributed by atoms with E-state index in [0.29, 0.717) is 0 Å². The van der Waals surface area contributed by atoms with Gasteiger partial charge in [-0.3, -0.25) is 4.79 Å². The Morgan fingerprint density at radius 2 is 1.84 bits per heavy atom. The Kier molecular flexibility index (Phi) is 5.03. The third-order valence-corrected chi connectivity index (χ3v) is 3.46. The van der Waals surface area contributed by atoms with Crippen molar-refractivity contribution in [1.82, 2.24) is 15.1 Å². The van der Waals surface area contributed by atoms with E-state index in [1.807, 2.05) is 30.3 Å². The van der Waals surface area contributed by atoms with Crippen molar-refractivity contribution in [3.05, 3.63) is 78.1 Å². The molecule has 128 valence electrons. The van der Waals surface area contributed by atoms with Crippen molar-refractivity contribution in [3.8, 4) is 11.4 Å². The van der Waals surface area contributed by atoms with Crippen molar-refractivity contribution in [3.63, 3.8) is 0 Å². The second kappa shape index (κ2) is 7.57. The maximum atomic E-state index is 12.4. The zero-order chi connectivity index (χ0) is 17.6. The molecule has 0 radical (unpaired) electrons. The number of rotatable bonds is 6. The Balaban J connectivity index is 1.66. The molecule has 1 amide bonds. The number of hydrogen-bond acceptors (Lipinski definition) is 3. The van der Waals surface area contributed by atoms with Crippen molar-refractivity contribution >= 4 is 5.91 Å². The van der Waals surface area contributed by atoms with Gasteiger partial charge in [0.25, 0.3) is 5.91 Å². The van der Waals surface area contributed by atoms with Crippen LogP contribution >= 0.6 is 0 Å². The van der Waals surface area contributed by atoms with Crippen LogP contribution in [0.15, 0.2) is 67.0 Å². The van der Waals surface area contributed by atoms with Gasteiger partial charge in [0.2, 0.25) is 0 Å². The number of alkyl halides is 2. The molecule has 0 fully saturated rings. The van der Waals surface area contributed by atoms with Crippen LogP contribution in [0.3, 0.4) is 0 Å². The molecule has 0 spiro atoms. The first kappa shape index (κ1) is 16.6. The molecule has 2 aromatic carbocycles. The Morgan fingerprint density at radius 1 is 1.12 bits per heavy atom. The molecule has 7 heteroatoms. The number of carbonyl (C=O) groups is 1. The lowest BCUT2D eigenvalue weighted by Crippen LogP contribution is -2.23. The van der Waals surface area contributed by atoms with Crippen LogP contribution in [0, 0.1) is 0 Å². The van der Waals surface area contributed by atoms with Gasteiger partial charge in [0.15, 0.2) is 0 Å². The number of ether oxygens (including phenoxy) is 1. The Morgan fingerprint density at radius 3 is 2.60 bits per heavy atom.